The Morgan fingerprint density at radius 1 is 1.18 bits per heavy atom. The topological polar surface area (TPSA) is 37.8 Å². The molecule has 0 fully saturated rings. The highest BCUT2D eigenvalue weighted by molar-refractivity contribution is 9.10. The Labute approximate surface area is 109 Å². The van der Waals surface area contributed by atoms with Gasteiger partial charge in [0.2, 0.25) is 0 Å². The number of aromatic nitrogens is 2. The predicted molar refractivity (Wildman–Crippen MR) is 73.0 cm³/mol. The van der Waals surface area contributed by atoms with Gasteiger partial charge in [-0.2, -0.15) is 0 Å². The van der Waals surface area contributed by atoms with E-state index < -0.39 is 0 Å². The average molecular weight is 292 g/mol. The van der Waals surface area contributed by atoms with Crippen molar-refractivity contribution in [2.75, 3.05) is 5.32 Å². The summed E-state index contributed by atoms with van der Waals surface area (Å²) in [6, 6.07) is 8.05. The Hall–Kier alpha value is -1.42. The maximum absolute atomic E-state index is 4.34. The fraction of sp³-hybridized carbons (Fsp3) is 0.231. The average Bonchev–Trinajstić information content (AvgIpc) is 2.30. The quantitative estimate of drug-likeness (QED) is 0.880. The summed E-state index contributed by atoms with van der Waals surface area (Å²) >= 11 is 3.35. The van der Waals surface area contributed by atoms with Crippen LogP contribution in [0.15, 0.2) is 35.1 Å². The first-order valence-electron chi connectivity index (χ1n) is 5.44. The van der Waals surface area contributed by atoms with Crippen LogP contribution in [-0.4, -0.2) is 9.97 Å². The first-order chi connectivity index (χ1) is 8.15. The van der Waals surface area contributed by atoms with Crippen LogP contribution in [0, 0.1) is 13.8 Å². The summed E-state index contributed by atoms with van der Waals surface area (Å²) in [7, 11) is 0. The minimum Gasteiger partial charge on any atom is -0.379 e. The molecule has 2 aromatic rings. The van der Waals surface area contributed by atoms with Crippen molar-refractivity contribution < 1.29 is 0 Å². The van der Waals surface area contributed by atoms with E-state index in [2.05, 4.69) is 37.3 Å². The van der Waals surface area contributed by atoms with Gasteiger partial charge < -0.3 is 5.32 Å². The molecule has 0 unspecified atom stereocenters. The Balaban J connectivity index is 2.04. The number of anilines is 1. The van der Waals surface area contributed by atoms with Gasteiger partial charge in [-0.15, -0.1) is 0 Å². The van der Waals surface area contributed by atoms with Crippen LogP contribution < -0.4 is 5.32 Å². The van der Waals surface area contributed by atoms with E-state index in [9.17, 15) is 0 Å². The van der Waals surface area contributed by atoms with Gasteiger partial charge in [0.05, 0.1) is 11.4 Å². The predicted octanol–water partition coefficient (Wildman–Crippen LogP) is 3.47. The van der Waals surface area contributed by atoms with Gasteiger partial charge >= 0.3 is 0 Å². The van der Waals surface area contributed by atoms with Gasteiger partial charge in [-0.3, -0.25) is 4.98 Å². The Bertz CT molecular complexity index is 509. The smallest absolute Gasteiger partial charge is 0.106 e. The lowest BCUT2D eigenvalue weighted by Gasteiger charge is -2.09. The normalized spacial score (nSPS) is 10.3. The molecule has 0 radical (unpaired) electrons. The molecule has 17 heavy (non-hydrogen) atoms. The van der Waals surface area contributed by atoms with Crippen molar-refractivity contribution in [1.82, 2.24) is 9.97 Å². The first kappa shape index (κ1) is 12.0. The van der Waals surface area contributed by atoms with E-state index in [1.165, 1.54) is 0 Å². The molecule has 0 saturated heterocycles. The van der Waals surface area contributed by atoms with E-state index in [1.807, 2.05) is 38.2 Å². The maximum atomic E-state index is 4.34. The number of aryl methyl sites for hydroxylation is 2. The zero-order valence-electron chi connectivity index (χ0n) is 9.87. The van der Waals surface area contributed by atoms with Crippen LogP contribution in [0.1, 0.15) is 17.0 Å². The number of nitrogens with one attached hydrogen (secondary N) is 1. The molecule has 0 atom stereocenters. The highest BCUT2D eigenvalue weighted by atomic mass is 79.9. The number of hydrogen-bond acceptors (Lipinski definition) is 3. The monoisotopic (exact) mass is 291 g/mol. The van der Waals surface area contributed by atoms with Crippen molar-refractivity contribution in [2.45, 2.75) is 20.4 Å². The first-order valence-corrected chi connectivity index (χ1v) is 6.23. The van der Waals surface area contributed by atoms with Crippen LogP contribution in [0.25, 0.3) is 0 Å². The van der Waals surface area contributed by atoms with Crippen molar-refractivity contribution in [1.29, 1.82) is 0 Å². The Morgan fingerprint density at radius 3 is 2.65 bits per heavy atom. The lowest BCUT2D eigenvalue weighted by Crippen LogP contribution is -2.02. The fourth-order valence-electron chi connectivity index (χ4n) is 1.52. The molecule has 1 N–H and O–H groups in total. The van der Waals surface area contributed by atoms with Crippen LogP contribution in [0.4, 0.5) is 5.69 Å². The molecule has 0 saturated carbocycles. The SMILES string of the molecule is Cc1ccc(CNc2ccc(Br)nc2C)cn1. The van der Waals surface area contributed by atoms with Crippen molar-refractivity contribution in [2.24, 2.45) is 0 Å². The van der Waals surface area contributed by atoms with Crippen LogP contribution >= 0.6 is 15.9 Å². The van der Waals surface area contributed by atoms with E-state index in [4.69, 9.17) is 0 Å². The molecule has 88 valence electrons. The van der Waals surface area contributed by atoms with Gasteiger partial charge in [0.15, 0.2) is 0 Å². The van der Waals surface area contributed by atoms with E-state index in [-0.39, 0.29) is 0 Å². The second-order valence-electron chi connectivity index (χ2n) is 3.93. The summed E-state index contributed by atoms with van der Waals surface area (Å²) in [5, 5.41) is 3.35. The van der Waals surface area contributed by atoms with Crippen molar-refractivity contribution in [3.63, 3.8) is 0 Å². The highest BCUT2D eigenvalue weighted by Crippen LogP contribution is 2.16. The number of halogens is 1. The lowest BCUT2D eigenvalue weighted by molar-refractivity contribution is 1.06. The van der Waals surface area contributed by atoms with E-state index >= 15 is 0 Å². The summed E-state index contributed by atoms with van der Waals surface area (Å²) in [5.41, 5.74) is 4.24. The molecule has 0 amide bonds. The van der Waals surface area contributed by atoms with Crippen LogP contribution in [0.5, 0.6) is 0 Å². The molecule has 4 heteroatoms. The number of nitrogens with zero attached hydrogens (tertiary/aromatic N) is 2. The molecule has 0 aliphatic carbocycles. The Kier molecular flexibility index (Phi) is 3.74. The number of hydrogen-bond donors (Lipinski definition) is 1. The number of pyridine rings is 2. The van der Waals surface area contributed by atoms with Gasteiger partial charge in [0, 0.05) is 18.4 Å². The van der Waals surface area contributed by atoms with Gasteiger partial charge in [-0.1, -0.05) is 6.07 Å². The van der Waals surface area contributed by atoms with Gasteiger partial charge in [-0.05, 0) is 53.5 Å². The standard InChI is InChI=1S/C13H14BrN3/c1-9-3-4-11(7-15-9)8-16-12-5-6-13(14)17-10(12)2/h3-7,16H,8H2,1-2H3. The summed E-state index contributed by atoms with van der Waals surface area (Å²) in [6.07, 6.45) is 1.89. The number of rotatable bonds is 3. The van der Waals surface area contributed by atoms with Gasteiger partial charge in [-0.25, -0.2) is 4.98 Å². The minimum atomic E-state index is 0.761. The molecule has 2 aromatic heterocycles. The molecular weight excluding hydrogens is 278 g/mol. The van der Waals surface area contributed by atoms with E-state index in [0.29, 0.717) is 0 Å². The second kappa shape index (κ2) is 5.27. The molecule has 0 aliphatic rings. The summed E-state index contributed by atoms with van der Waals surface area (Å²) in [6.45, 7) is 4.73. The molecule has 0 aliphatic heterocycles. The van der Waals surface area contributed by atoms with Crippen LogP contribution in [-0.2, 0) is 6.54 Å². The van der Waals surface area contributed by atoms with E-state index in [1.54, 1.807) is 0 Å². The summed E-state index contributed by atoms with van der Waals surface area (Å²) in [5.74, 6) is 0. The van der Waals surface area contributed by atoms with E-state index in [0.717, 1.165) is 33.8 Å². The third kappa shape index (κ3) is 3.27. The minimum absolute atomic E-state index is 0.761. The third-order valence-electron chi connectivity index (χ3n) is 2.51. The van der Waals surface area contributed by atoms with Crippen LogP contribution in [0.2, 0.25) is 0 Å². The highest BCUT2D eigenvalue weighted by Gasteiger charge is 2.00. The summed E-state index contributed by atoms with van der Waals surface area (Å²) < 4.78 is 0.859. The maximum Gasteiger partial charge on any atom is 0.106 e. The molecule has 0 bridgehead atoms. The zero-order valence-corrected chi connectivity index (χ0v) is 11.5. The van der Waals surface area contributed by atoms with Crippen LogP contribution in [0.3, 0.4) is 0 Å². The second-order valence-corrected chi connectivity index (χ2v) is 4.74. The zero-order chi connectivity index (χ0) is 12.3. The molecular formula is C13H14BrN3. The molecule has 2 rings (SSSR count). The molecule has 0 aromatic carbocycles. The summed E-state index contributed by atoms with van der Waals surface area (Å²) in [4.78, 5) is 8.60. The third-order valence-corrected chi connectivity index (χ3v) is 2.95. The van der Waals surface area contributed by atoms with Gasteiger partial charge in [0.25, 0.3) is 0 Å². The molecule has 0 spiro atoms. The largest absolute Gasteiger partial charge is 0.379 e. The van der Waals surface area contributed by atoms with Crippen molar-refractivity contribution in [3.8, 4) is 0 Å². The fourth-order valence-corrected chi connectivity index (χ4v) is 1.92. The molecule has 3 nitrogen and oxygen atoms in total. The van der Waals surface area contributed by atoms with Crippen molar-refractivity contribution in [3.05, 3.63) is 52.0 Å². The van der Waals surface area contributed by atoms with Gasteiger partial charge in [0.1, 0.15) is 4.60 Å². The lowest BCUT2D eigenvalue weighted by atomic mass is 10.2. The molecule has 2 heterocycles. The Morgan fingerprint density at radius 2 is 2.00 bits per heavy atom. The van der Waals surface area contributed by atoms with Crippen molar-refractivity contribution >= 4 is 21.6 Å².